The van der Waals surface area contributed by atoms with Crippen molar-refractivity contribution < 1.29 is 23.1 Å². The number of thioether (sulfide) groups is 1. The van der Waals surface area contributed by atoms with Gasteiger partial charge >= 0.3 is 11.5 Å². The predicted octanol–water partition coefficient (Wildman–Crippen LogP) is 1.26. The van der Waals surface area contributed by atoms with E-state index in [-0.39, 0.29) is 37.1 Å². The molecule has 7 heteroatoms. The molecule has 0 radical (unpaired) electrons. The molecule has 0 amide bonds. The smallest absolute Gasteiger partial charge is 0.441 e. The third-order valence-electron chi connectivity index (χ3n) is 1.35. The lowest BCUT2D eigenvalue weighted by Crippen LogP contribution is -2.32. The average Bonchev–Trinajstić information content (AvgIpc) is 2.00. The first-order valence-corrected chi connectivity index (χ1v) is 4.92. The van der Waals surface area contributed by atoms with Gasteiger partial charge in [-0.3, -0.25) is 9.69 Å². The molecule has 86 valence electrons. The molecule has 1 N–H and O–H groups in total. The zero-order chi connectivity index (χ0) is 11.9. The fourth-order valence-corrected chi connectivity index (χ4v) is 1.41. The van der Waals surface area contributed by atoms with Crippen molar-refractivity contribution in [1.29, 1.82) is 0 Å². The van der Waals surface area contributed by atoms with Gasteiger partial charge in [-0.25, -0.2) is 0 Å². The summed E-state index contributed by atoms with van der Waals surface area (Å²) in [6.07, 6.45) is 4.95. The molecule has 15 heavy (non-hydrogen) atoms. The van der Waals surface area contributed by atoms with E-state index in [1.54, 1.807) is 0 Å². The Morgan fingerprint density at radius 2 is 2.13 bits per heavy atom. The molecule has 0 rings (SSSR count). The summed E-state index contributed by atoms with van der Waals surface area (Å²) in [7, 11) is 0. The molecule has 0 aliphatic heterocycles. The number of hydrogen-bond acceptors (Lipinski definition) is 3. The van der Waals surface area contributed by atoms with E-state index in [0.29, 0.717) is 0 Å². The minimum absolute atomic E-state index is 0.000671. The van der Waals surface area contributed by atoms with Crippen molar-refractivity contribution in [3.05, 3.63) is 0 Å². The molecule has 0 bridgehead atoms. The van der Waals surface area contributed by atoms with Crippen molar-refractivity contribution in [1.82, 2.24) is 4.90 Å². The Kier molecular flexibility index (Phi) is 6.20. The van der Waals surface area contributed by atoms with Crippen LogP contribution in [0.15, 0.2) is 0 Å². The van der Waals surface area contributed by atoms with Gasteiger partial charge in [0.1, 0.15) is 0 Å². The Bertz CT molecular complexity index is 249. The lowest BCUT2D eigenvalue weighted by molar-refractivity contribution is -0.138. The van der Waals surface area contributed by atoms with Crippen LogP contribution in [-0.4, -0.2) is 46.9 Å². The Hall–Kier alpha value is -0.870. The van der Waals surface area contributed by atoms with Crippen molar-refractivity contribution in [3.8, 4) is 12.3 Å². The van der Waals surface area contributed by atoms with Gasteiger partial charge < -0.3 is 5.11 Å². The van der Waals surface area contributed by atoms with E-state index < -0.39 is 11.5 Å². The average molecular weight is 241 g/mol. The van der Waals surface area contributed by atoms with Crippen molar-refractivity contribution in [3.63, 3.8) is 0 Å². The first kappa shape index (κ1) is 14.1. The molecule has 0 saturated carbocycles. The van der Waals surface area contributed by atoms with Crippen LogP contribution in [0.5, 0.6) is 0 Å². The highest BCUT2D eigenvalue weighted by atomic mass is 32.2. The second-order valence-corrected chi connectivity index (χ2v) is 3.76. The summed E-state index contributed by atoms with van der Waals surface area (Å²) in [5.74, 6) is 0.860. The van der Waals surface area contributed by atoms with Crippen molar-refractivity contribution in [2.75, 3.05) is 25.4 Å². The fourth-order valence-electron chi connectivity index (χ4n) is 0.825. The van der Waals surface area contributed by atoms with Crippen LogP contribution in [0.2, 0.25) is 0 Å². The van der Waals surface area contributed by atoms with E-state index in [1.807, 2.05) is 0 Å². The molecule has 0 aromatic heterocycles. The summed E-state index contributed by atoms with van der Waals surface area (Å²) in [5.41, 5.74) is -4.29. The van der Waals surface area contributed by atoms with Gasteiger partial charge in [0.2, 0.25) is 0 Å². The predicted molar refractivity (Wildman–Crippen MR) is 51.4 cm³/mol. The zero-order valence-electron chi connectivity index (χ0n) is 7.75. The second-order valence-electron chi connectivity index (χ2n) is 2.60. The summed E-state index contributed by atoms with van der Waals surface area (Å²) < 4.78 is 35.2. The molecule has 0 aromatic carbocycles. The zero-order valence-corrected chi connectivity index (χ0v) is 8.57. The molecule has 3 nitrogen and oxygen atoms in total. The Morgan fingerprint density at radius 1 is 1.53 bits per heavy atom. The van der Waals surface area contributed by atoms with Crippen LogP contribution in [0.4, 0.5) is 13.2 Å². The molecular formula is C8H10F3NO2S. The molecule has 0 fully saturated rings. The molecule has 0 aliphatic rings. The number of hydrogen-bond donors (Lipinski definition) is 1. The third kappa shape index (κ3) is 9.43. The first-order valence-electron chi connectivity index (χ1n) is 3.93. The third-order valence-corrected chi connectivity index (χ3v) is 2.06. The monoisotopic (exact) mass is 241 g/mol. The lowest BCUT2D eigenvalue weighted by atomic mass is 10.4. The maximum absolute atomic E-state index is 11.7. The number of halogens is 3. The molecule has 0 saturated heterocycles. The van der Waals surface area contributed by atoms with Gasteiger partial charge in [0.15, 0.2) is 0 Å². The molecular weight excluding hydrogens is 231 g/mol. The van der Waals surface area contributed by atoms with E-state index >= 15 is 0 Å². The first-order chi connectivity index (χ1) is 6.85. The van der Waals surface area contributed by atoms with Crippen LogP contribution in [-0.2, 0) is 4.79 Å². The number of aliphatic carboxylic acids is 1. The van der Waals surface area contributed by atoms with Gasteiger partial charge in [0.05, 0.1) is 13.1 Å². The number of carbonyl (C=O) groups is 1. The Balaban J connectivity index is 3.87. The molecule has 0 aliphatic carbocycles. The van der Waals surface area contributed by atoms with Gasteiger partial charge in [-0.15, -0.1) is 6.42 Å². The van der Waals surface area contributed by atoms with Crippen LogP contribution < -0.4 is 0 Å². The number of carboxylic acids is 1. The normalized spacial score (nSPS) is 11.4. The van der Waals surface area contributed by atoms with Gasteiger partial charge in [-0.05, 0) is 11.8 Å². The molecule has 0 atom stereocenters. The van der Waals surface area contributed by atoms with Gasteiger partial charge in [0.25, 0.3) is 0 Å². The molecule has 0 heterocycles. The van der Waals surface area contributed by atoms with Gasteiger partial charge in [-0.2, -0.15) is 13.2 Å². The summed E-state index contributed by atoms with van der Waals surface area (Å²) in [5, 5.41) is 8.43. The van der Waals surface area contributed by atoms with E-state index in [4.69, 9.17) is 11.5 Å². The largest absolute Gasteiger partial charge is 0.480 e. The van der Waals surface area contributed by atoms with Crippen LogP contribution in [0.3, 0.4) is 0 Å². The summed E-state index contributed by atoms with van der Waals surface area (Å²) in [6, 6.07) is 0. The minimum atomic E-state index is -4.29. The second kappa shape index (κ2) is 6.58. The summed E-state index contributed by atoms with van der Waals surface area (Å²) in [6.45, 7) is -0.311. The highest BCUT2D eigenvalue weighted by molar-refractivity contribution is 8.00. The molecule has 0 aromatic rings. The quantitative estimate of drug-likeness (QED) is 0.711. The molecule has 0 unspecified atom stereocenters. The molecule has 0 spiro atoms. The lowest BCUT2D eigenvalue weighted by Gasteiger charge is -2.17. The SMILES string of the molecule is C#CCN(CCSC(F)(F)F)CC(=O)O. The number of carboxylic acid groups (broad SMARTS) is 1. The van der Waals surface area contributed by atoms with Crippen LogP contribution in [0.1, 0.15) is 0 Å². The Morgan fingerprint density at radius 3 is 2.53 bits per heavy atom. The van der Waals surface area contributed by atoms with Crippen molar-refractivity contribution in [2.24, 2.45) is 0 Å². The Labute approximate surface area is 89.6 Å². The number of alkyl halides is 3. The van der Waals surface area contributed by atoms with E-state index in [1.165, 1.54) is 4.90 Å². The van der Waals surface area contributed by atoms with Gasteiger partial charge in [0, 0.05) is 12.3 Å². The topological polar surface area (TPSA) is 40.5 Å². The minimum Gasteiger partial charge on any atom is -0.480 e. The van der Waals surface area contributed by atoms with Crippen LogP contribution in [0, 0.1) is 12.3 Å². The van der Waals surface area contributed by atoms with E-state index in [9.17, 15) is 18.0 Å². The summed E-state index contributed by atoms with van der Waals surface area (Å²) in [4.78, 5) is 11.6. The van der Waals surface area contributed by atoms with E-state index in [2.05, 4.69) is 5.92 Å². The summed E-state index contributed by atoms with van der Waals surface area (Å²) >= 11 is -0.188. The van der Waals surface area contributed by atoms with Crippen molar-refractivity contribution >= 4 is 17.7 Å². The number of terminal acetylenes is 1. The number of rotatable bonds is 6. The highest BCUT2D eigenvalue weighted by Gasteiger charge is 2.27. The highest BCUT2D eigenvalue weighted by Crippen LogP contribution is 2.29. The maximum atomic E-state index is 11.7. The fraction of sp³-hybridized carbons (Fsp3) is 0.625. The standard InChI is InChI=1S/C8H10F3NO2S/c1-2-3-12(6-7(13)14)4-5-15-8(9,10)11/h1H,3-6H2,(H,13,14). The van der Waals surface area contributed by atoms with Gasteiger partial charge in [-0.1, -0.05) is 5.92 Å². The number of nitrogens with zero attached hydrogens (tertiary/aromatic N) is 1. The van der Waals surface area contributed by atoms with Crippen molar-refractivity contribution in [2.45, 2.75) is 5.51 Å². The van der Waals surface area contributed by atoms with E-state index in [0.717, 1.165) is 0 Å². The maximum Gasteiger partial charge on any atom is 0.441 e. The van der Waals surface area contributed by atoms with Crippen LogP contribution in [0.25, 0.3) is 0 Å². The van der Waals surface area contributed by atoms with Crippen LogP contribution >= 0.6 is 11.8 Å².